The number of amides is 1. The number of rotatable bonds is 5. The molecule has 1 aliphatic rings. The molecule has 10 nitrogen and oxygen atoms in total. The van der Waals surface area contributed by atoms with Crippen molar-refractivity contribution in [2.24, 2.45) is 0 Å². The van der Waals surface area contributed by atoms with Crippen LogP contribution in [0.4, 0.5) is 35.5 Å². The van der Waals surface area contributed by atoms with Crippen LogP contribution in [0.15, 0.2) is 30.5 Å². The minimum Gasteiger partial charge on any atom is -0.444 e. The number of hydrogen-bond donors (Lipinski definition) is 2. The number of likely N-dealkylation sites (tertiary alicyclic amines) is 1. The Morgan fingerprint density at radius 2 is 1.64 bits per heavy atom. The zero-order chi connectivity index (χ0) is 28.6. The van der Waals surface area contributed by atoms with Crippen LogP contribution < -0.4 is 15.4 Å². The van der Waals surface area contributed by atoms with Gasteiger partial charge in [-0.05, 0) is 78.6 Å². The van der Waals surface area contributed by atoms with Gasteiger partial charge >= 0.3 is 12.5 Å². The molecule has 0 saturated carbocycles. The number of hydrogen-bond acceptors (Lipinski definition) is 8. The zero-order valence-electron chi connectivity index (χ0n) is 22.9. The number of anilines is 3. The minimum absolute atomic E-state index is 0.0543. The summed E-state index contributed by atoms with van der Waals surface area (Å²) in [6.45, 7) is 12.5. The van der Waals surface area contributed by atoms with E-state index in [2.05, 4.69) is 25.3 Å². The topological polar surface area (TPSA) is 106 Å². The van der Waals surface area contributed by atoms with Crippen LogP contribution in [-0.2, 0) is 4.74 Å². The van der Waals surface area contributed by atoms with Gasteiger partial charge in [0.05, 0.1) is 6.20 Å². The van der Waals surface area contributed by atoms with Crippen LogP contribution in [0.3, 0.4) is 0 Å². The molecule has 1 aliphatic heterocycles. The van der Waals surface area contributed by atoms with Crippen molar-refractivity contribution >= 4 is 34.8 Å². The van der Waals surface area contributed by atoms with E-state index in [1.807, 2.05) is 46.1 Å². The van der Waals surface area contributed by atoms with Gasteiger partial charge in [0.1, 0.15) is 16.9 Å². The van der Waals surface area contributed by atoms with Gasteiger partial charge in [-0.15, -0.1) is 13.2 Å². The quantitative estimate of drug-likeness (QED) is 0.385. The molecule has 2 aromatic heterocycles. The third kappa shape index (κ3) is 7.64. The van der Waals surface area contributed by atoms with Crippen LogP contribution in [0, 0.1) is 0 Å². The van der Waals surface area contributed by atoms with Crippen molar-refractivity contribution in [3.05, 3.63) is 30.5 Å². The molecule has 1 aromatic carbocycles. The lowest BCUT2D eigenvalue weighted by atomic mass is 10.1. The first kappa shape index (κ1) is 28.2. The Bertz CT molecular complexity index is 1300. The Kier molecular flexibility index (Phi) is 7.55. The summed E-state index contributed by atoms with van der Waals surface area (Å²) in [5.74, 6) is 0.592. The fourth-order valence-electron chi connectivity index (χ4n) is 4.22. The van der Waals surface area contributed by atoms with Gasteiger partial charge in [0.2, 0.25) is 11.9 Å². The number of alkyl halides is 3. The molecular weight excluding hydrogens is 515 g/mol. The van der Waals surface area contributed by atoms with E-state index < -0.39 is 12.0 Å². The van der Waals surface area contributed by atoms with E-state index in [9.17, 15) is 18.0 Å². The standard InChI is InChI=1S/C26H34F3N7O3/c1-24(2,3)34-21-30-15-19-20(33-21)36(17-11-13-35(14-12-17)23(37)39-25(4,5)6)22(32-19)31-16-7-9-18(10-8-16)38-26(27,28)29/h7-10,15,17H,11-14H2,1-6H3,(H,31,32)(H,30,33,34). The van der Waals surface area contributed by atoms with Gasteiger partial charge in [0, 0.05) is 30.4 Å². The molecule has 0 radical (unpaired) electrons. The summed E-state index contributed by atoms with van der Waals surface area (Å²) in [5, 5.41) is 6.48. The molecule has 3 aromatic rings. The van der Waals surface area contributed by atoms with Crippen molar-refractivity contribution in [1.82, 2.24) is 24.4 Å². The molecule has 0 aliphatic carbocycles. The number of carbonyl (C=O) groups is 1. The summed E-state index contributed by atoms with van der Waals surface area (Å²) >= 11 is 0. The van der Waals surface area contributed by atoms with Gasteiger partial charge < -0.3 is 25.0 Å². The van der Waals surface area contributed by atoms with Gasteiger partial charge in [-0.2, -0.15) is 4.98 Å². The lowest BCUT2D eigenvalue weighted by Crippen LogP contribution is -2.42. The van der Waals surface area contributed by atoms with Gasteiger partial charge in [0.15, 0.2) is 5.65 Å². The monoisotopic (exact) mass is 549 g/mol. The van der Waals surface area contributed by atoms with Crippen LogP contribution in [0.1, 0.15) is 60.4 Å². The SMILES string of the molecule is CC(C)(C)Nc1ncc2nc(Nc3ccc(OC(F)(F)F)cc3)n(C3CCN(C(=O)OC(C)(C)C)CC3)c2n1. The predicted molar refractivity (Wildman–Crippen MR) is 141 cm³/mol. The summed E-state index contributed by atoms with van der Waals surface area (Å²) in [4.78, 5) is 28.1. The van der Waals surface area contributed by atoms with Crippen LogP contribution in [0.5, 0.6) is 5.75 Å². The summed E-state index contributed by atoms with van der Waals surface area (Å²) in [6, 6.07) is 5.37. The maximum Gasteiger partial charge on any atom is 0.573 e. The summed E-state index contributed by atoms with van der Waals surface area (Å²) in [7, 11) is 0. The number of fused-ring (bicyclic) bond motifs is 1. The highest BCUT2D eigenvalue weighted by Gasteiger charge is 2.32. The Balaban J connectivity index is 1.63. The number of carbonyl (C=O) groups excluding carboxylic acids is 1. The second kappa shape index (κ2) is 10.4. The van der Waals surface area contributed by atoms with Gasteiger partial charge in [-0.1, -0.05) is 0 Å². The molecule has 0 atom stereocenters. The summed E-state index contributed by atoms with van der Waals surface area (Å²) in [5.41, 5.74) is 0.835. The predicted octanol–water partition coefficient (Wildman–Crippen LogP) is 6.25. The molecular formula is C26H34F3N7O3. The summed E-state index contributed by atoms with van der Waals surface area (Å²) in [6.07, 6.45) is -2.23. The van der Waals surface area contributed by atoms with E-state index in [-0.39, 0.29) is 23.4 Å². The fraction of sp³-hybridized carbons (Fsp3) is 0.538. The van der Waals surface area contributed by atoms with Crippen LogP contribution in [0.2, 0.25) is 0 Å². The Morgan fingerprint density at radius 1 is 1.00 bits per heavy atom. The van der Waals surface area contributed by atoms with Crippen LogP contribution in [-0.4, -0.2) is 61.1 Å². The van der Waals surface area contributed by atoms with E-state index in [4.69, 9.17) is 9.72 Å². The molecule has 212 valence electrons. The molecule has 1 saturated heterocycles. The molecule has 4 rings (SSSR count). The first-order chi connectivity index (χ1) is 18.1. The number of imidazole rings is 1. The third-order valence-electron chi connectivity index (χ3n) is 5.74. The number of nitrogens with one attached hydrogen (secondary N) is 2. The van der Waals surface area contributed by atoms with Crippen LogP contribution in [0.25, 0.3) is 11.2 Å². The Labute approximate surface area is 224 Å². The molecule has 1 fully saturated rings. The minimum atomic E-state index is -4.77. The maximum atomic E-state index is 12.6. The van der Waals surface area contributed by atoms with E-state index >= 15 is 0 Å². The first-order valence-electron chi connectivity index (χ1n) is 12.7. The average Bonchev–Trinajstić information content (AvgIpc) is 3.14. The molecule has 13 heteroatoms. The van der Waals surface area contributed by atoms with Gasteiger partial charge in [-0.3, -0.25) is 4.57 Å². The molecule has 0 unspecified atom stereocenters. The van der Waals surface area contributed by atoms with Crippen molar-refractivity contribution in [2.45, 2.75) is 77.9 Å². The van der Waals surface area contributed by atoms with Gasteiger partial charge in [0.25, 0.3) is 0 Å². The summed E-state index contributed by atoms with van der Waals surface area (Å²) < 4.78 is 49.1. The molecule has 0 bridgehead atoms. The first-order valence-corrected chi connectivity index (χ1v) is 12.7. The molecule has 0 spiro atoms. The number of ether oxygens (including phenoxy) is 2. The average molecular weight is 550 g/mol. The zero-order valence-corrected chi connectivity index (χ0v) is 22.9. The van der Waals surface area contributed by atoms with Gasteiger partial charge in [-0.25, -0.2) is 14.8 Å². The van der Waals surface area contributed by atoms with Crippen LogP contribution >= 0.6 is 0 Å². The van der Waals surface area contributed by atoms with Crippen molar-refractivity contribution in [1.29, 1.82) is 0 Å². The normalized spacial score (nSPS) is 15.4. The second-order valence-electron chi connectivity index (χ2n) is 11.5. The highest BCUT2D eigenvalue weighted by molar-refractivity contribution is 5.77. The Morgan fingerprint density at radius 3 is 2.21 bits per heavy atom. The van der Waals surface area contributed by atoms with Crippen molar-refractivity contribution < 1.29 is 27.4 Å². The maximum absolute atomic E-state index is 12.6. The number of nitrogens with zero attached hydrogens (tertiary/aromatic N) is 5. The molecule has 1 amide bonds. The largest absolute Gasteiger partial charge is 0.573 e. The van der Waals surface area contributed by atoms with Crippen molar-refractivity contribution in [2.75, 3.05) is 23.7 Å². The lowest BCUT2D eigenvalue weighted by molar-refractivity contribution is -0.274. The molecule has 39 heavy (non-hydrogen) atoms. The number of benzene rings is 1. The van der Waals surface area contributed by atoms with E-state index in [0.29, 0.717) is 54.7 Å². The van der Waals surface area contributed by atoms with E-state index in [1.165, 1.54) is 24.3 Å². The van der Waals surface area contributed by atoms with E-state index in [1.54, 1.807) is 11.1 Å². The number of halogens is 3. The fourth-order valence-corrected chi connectivity index (χ4v) is 4.22. The smallest absolute Gasteiger partial charge is 0.444 e. The Hall–Kier alpha value is -3.77. The number of piperidine rings is 1. The van der Waals surface area contributed by atoms with E-state index in [0.717, 1.165) is 0 Å². The van der Waals surface area contributed by atoms with Crippen molar-refractivity contribution in [3.63, 3.8) is 0 Å². The lowest BCUT2D eigenvalue weighted by Gasteiger charge is -2.34. The highest BCUT2D eigenvalue weighted by atomic mass is 19.4. The second-order valence-corrected chi connectivity index (χ2v) is 11.5. The third-order valence-corrected chi connectivity index (χ3v) is 5.74. The van der Waals surface area contributed by atoms with Crippen molar-refractivity contribution in [3.8, 4) is 5.75 Å². The highest BCUT2D eigenvalue weighted by Crippen LogP contribution is 2.33. The number of aromatic nitrogens is 4. The molecule has 3 heterocycles. The molecule has 2 N–H and O–H groups in total.